The first-order valence-electron chi connectivity index (χ1n) is 7.17. The lowest BCUT2D eigenvalue weighted by Gasteiger charge is -2.31. The third-order valence-electron chi connectivity index (χ3n) is 3.58. The standard InChI is InChI=1S/C16H17N5O/c1-12-3-2-8-21(11-12)16(22)13-4-6-14(7-5-13)19-20-15(9-17)10-18/h4-7,12,19H,2-3,8,11H2,1H3. The molecular weight excluding hydrogens is 278 g/mol. The zero-order valence-electron chi connectivity index (χ0n) is 12.4. The number of carbonyl (C=O) groups is 1. The first-order chi connectivity index (χ1) is 10.6. The number of benzene rings is 1. The molecule has 6 nitrogen and oxygen atoms in total. The number of piperidine rings is 1. The lowest BCUT2D eigenvalue weighted by Crippen LogP contribution is -2.39. The van der Waals surface area contributed by atoms with Crippen LogP contribution in [-0.4, -0.2) is 29.6 Å². The average Bonchev–Trinajstić information content (AvgIpc) is 2.56. The molecule has 2 rings (SSSR count). The van der Waals surface area contributed by atoms with Gasteiger partial charge in [-0.05, 0) is 43.0 Å². The van der Waals surface area contributed by atoms with Gasteiger partial charge in [-0.1, -0.05) is 6.92 Å². The van der Waals surface area contributed by atoms with E-state index in [1.807, 2.05) is 4.90 Å². The van der Waals surface area contributed by atoms with E-state index in [1.165, 1.54) is 6.42 Å². The van der Waals surface area contributed by atoms with Gasteiger partial charge in [-0.25, -0.2) is 0 Å². The summed E-state index contributed by atoms with van der Waals surface area (Å²) < 4.78 is 0. The van der Waals surface area contributed by atoms with Crippen LogP contribution in [-0.2, 0) is 0 Å². The fourth-order valence-electron chi connectivity index (χ4n) is 2.44. The van der Waals surface area contributed by atoms with E-state index in [4.69, 9.17) is 10.5 Å². The van der Waals surface area contributed by atoms with Gasteiger partial charge < -0.3 is 4.90 Å². The van der Waals surface area contributed by atoms with Crippen molar-refractivity contribution in [1.82, 2.24) is 4.90 Å². The summed E-state index contributed by atoms with van der Waals surface area (Å²) in [6.07, 6.45) is 2.22. The van der Waals surface area contributed by atoms with Crippen LogP contribution in [0.25, 0.3) is 0 Å². The Morgan fingerprint density at radius 1 is 1.32 bits per heavy atom. The number of nitrogens with one attached hydrogen (secondary N) is 1. The van der Waals surface area contributed by atoms with Gasteiger partial charge in [0.2, 0.25) is 5.71 Å². The molecule has 0 spiro atoms. The number of carbonyl (C=O) groups excluding carboxylic acids is 1. The van der Waals surface area contributed by atoms with Crippen LogP contribution in [0.1, 0.15) is 30.1 Å². The molecule has 1 aliphatic heterocycles. The summed E-state index contributed by atoms with van der Waals surface area (Å²) >= 11 is 0. The van der Waals surface area contributed by atoms with Gasteiger partial charge in [-0.15, -0.1) is 0 Å². The van der Waals surface area contributed by atoms with Gasteiger partial charge in [0.05, 0.1) is 5.69 Å². The Bertz CT molecular complexity index is 635. The number of rotatable bonds is 3. The molecule has 112 valence electrons. The first-order valence-corrected chi connectivity index (χ1v) is 7.17. The van der Waals surface area contributed by atoms with E-state index in [0.29, 0.717) is 17.2 Å². The molecule has 1 fully saturated rings. The molecular formula is C16H17N5O. The van der Waals surface area contributed by atoms with Crippen LogP contribution in [0.5, 0.6) is 0 Å². The van der Waals surface area contributed by atoms with Crippen molar-refractivity contribution in [1.29, 1.82) is 10.5 Å². The molecule has 1 atom stereocenters. The normalized spacial score (nSPS) is 17.0. The number of nitriles is 2. The van der Waals surface area contributed by atoms with Crippen molar-refractivity contribution in [3.8, 4) is 12.1 Å². The van der Waals surface area contributed by atoms with Gasteiger partial charge in [-0.3, -0.25) is 10.2 Å². The Morgan fingerprint density at radius 2 is 2.00 bits per heavy atom. The van der Waals surface area contributed by atoms with Crippen molar-refractivity contribution in [2.75, 3.05) is 18.5 Å². The number of likely N-dealkylation sites (tertiary alicyclic amines) is 1. The van der Waals surface area contributed by atoms with Crippen LogP contribution in [0.15, 0.2) is 29.4 Å². The molecule has 1 amide bonds. The van der Waals surface area contributed by atoms with Crippen LogP contribution in [0.4, 0.5) is 5.69 Å². The fraction of sp³-hybridized carbons (Fsp3) is 0.375. The minimum absolute atomic E-state index is 0.0383. The van der Waals surface area contributed by atoms with Crippen molar-refractivity contribution in [3.05, 3.63) is 29.8 Å². The topological polar surface area (TPSA) is 92.3 Å². The van der Waals surface area contributed by atoms with Gasteiger partial charge in [-0.2, -0.15) is 15.6 Å². The molecule has 1 aromatic rings. The highest BCUT2D eigenvalue weighted by Gasteiger charge is 2.21. The zero-order valence-corrected chi connectivity index (χ0v) is 12.4. The van der Waals surface area contributed by atoms with Crippen LogP contribution in [0, 0.1) is 28.6 Å². The monoisotopic (exact) mass is 295 g/mol. The van der Waals surface area contributed by atoms with Crippen LogP contribution < -0.4 is 5.43 Å². The summed E-state index contributed by atoms with van der Waals surface area (Å²) in [7, 11) is 0. The summed E-state index contributed by atoms with van der Waals surface area (Å²) in [6, 6.07) is 10.2. The second-order valence-corrected chi connectivity index (χ2v) is 5.37. The Labute approximate surface area is 129 Å². The predicted octanol–water partition coefficient (Wildman–Crippen LogP) is 2.37. The maximum Gasteiger partial charge on any atom is 0.253 e. The lowest BCUT2D eigenvalue weighted by molar-refractivity contribution is 0.0683. The smallest absolute Gasteiger partial charge is 0.253 e. The number of nitrogens with zero attached hydrogens (tertiary/aromatic N) is 4. The number of hydrogen-bond donors (Lipinski definition) is 1. The van der Waals surface area contributed by atoms with Crippen LogP contribution in [0.2, 0.25) is 0 Å². The van der Waals surface area contributed by atoms with E-state index >= 15 is 0 Å². The Hall–Kier alpha value is -2.86. The fourth-order valence-corrected chi connectivity index (χ4v) is 2.44. The summed E-state index contributed by atoms with van der Waals surface area (Å²) in [5, 5.41) is 20.8. The highest BCUT2D eigenvalue weighted by molar-refractivity contribution is 6.10. The molecule has 1 aromatic carbocycles. The van der Waals surface area contributed by atoms with Gasteiger partial charge in [0, 0.05) is 18.7 Å². The van der Waals surface area contributed by atoms with E-state index in [-0.39, 0.29) is 11.6 Å². The van der Waals surface area contributed by atoms with E-state index in [1.54, 1.807) is 36.4 Å². The number of hydrazone groups is 1. The second-order valence-electron chi connectivity index (χ2n) is 5.37. The molecule has 1 aliphatic rings. The number of amides is 1. The van der Waals surface area contributed by atoms with Crippen molar-refractivity contribution in [3.63, 3.8) is 0 Å². The molecule has 1 heterocycles. The molecule has 1 saturated heterocycles. The summed E-state index contributed by atoms with van der Waals surface area (Å²) in [5.41, 5.74) is 3.62. The average molecular weight is 295 g/mol. The quantitative estimate of drug-likeness (QED) is 0.684. The summed E-state index contributed by atoms with van der Waals surface area (Å²) in [6.45, 7) is 3.77. The van der Waals surface area contributed by atoms with Gasteiger partial charge in [0.25, 0.3) is 5.91 Å². The second kappa shape index (κ2) is 7.24. The first kappa shape index (κ1) is 15.5. The van der Waals surface area contributed by atoms with Crippen molar-refractivity contribution in [2.45, 2.75) is 19.8 Å². The zero-order chi connectivity index (χ0) is 15.9. The van der Waals surface area contributed by atoms with Crippen molar-refractivity contribution in [2.24, 2.45) is 11.0 Å². The summed E-state index contributed by atoms with van der Waals surface area (Å²) in [4.78, 5) is 14.3. The van der Waals surface area contributed by atoms with Crippen LogP contribution in [0.3, 0.4) is 0 Å². The maximum absolute atomic E-state index is 12.4. The molecule has 22 heavy (non-hydrogen) atoms. The molecule has 0 radical (unpaired) electrons. The molecule has 1 N–H and O–H groups in total. The third-order valence-corrected chi connectivity index (χ3v) is 3.58. The predicted molar refractivity (Wildman–Crippen MR) is 83.0 cm³/mol. The Balaban J connectivity index is 2.03. The Kier molecular flexibility index (Phi) is 5.11. The SMILES string of the molecule is CC1CCCN(C(=O)c2ccc(NN=C(C#N)C#N)cc2)C1. The van der Waals surface area contributed by atoms with Gasteiger partial charge in [0.15, 0.2) is 0 Å². The van der Waals surface area contributed by atoms with Crippen molar-refractivity contribution >= 4 is 17.3 Å². The Morgan fingerprint density at radius 3 is 2.59 bits per heavy atom. The van der Waals surface area contributed by atoms with E-state index in [0.717, 1.165) is 19.5 Å². The van der Waals surface area contributed by atoms with Gasteiger partial charge >= 0.3 is 0 Å². The van der Waals surface area contributed by atoms with E-state index in [9.17, 15) is 4.79 Å². The third kappa shape index (κ3) is 3.83. The van der Waals surface area contributed by atoms with E-state index in [2.05, 4.69) is 17.5 Å². The number of anilines is 1. The lowest BCUT2D eigenvalue weighted by atomic mass is 9.99. The highest BCUT2D eigenvalue weighted by atomic mass is 16.2. The minimum atomic E-state index is -0.248. The molecule has 0 aromatic heterocycles. The molecule has 1 unspecified atom stereocenters. The highest BCUT2D eigenvalue weighted by Crippen LogP contribution is 2.18. The molecule has 0 aliphatic carbocycles. The summed E-state index contributed by atoms with van der Waals surface area (Å²) in [5.74, 6) is 0.583. The van der Waals surface area contributed by atoms with E-state index < -0.39 is 0 Å². The minimum Gasteiger partial charge on any atom is -0.338 e. The largest absolute Gasteiger partial charge is 0.338 e. The number of hydrogen-bond acceptors (Lipinski definition) is 5. The molecule has 0 bridgehead atoms. The molecule has 0 saturated carbocycles. The maximum atomic E-state index is 12.4. The van der Waals surface area contributed by atoms with Crippen molar-refractivity contribution < 1.29 is 4.79 Å². The van der Waals surface area contributed by atoms with Gasteiger partial charge in [0.1, 0.15) is 12.1 Å². The van der Waals surface area contributed by atoms with Crippen LogP contribution >= 0.6 is 0 Å². The molecule has 6 heteroatoms.